The number of aryl methyl sites for hydroxylation is 1. The van der Waals surface area contributed by atoms with Crippen molar-refractivity contribution in [2.24, 2.45) is 0 Å². The van der Waals surface area contributed by atoms with Crippen LogP contribution in [-0.4, -0.2) is 22.8 Å². The lowest BCUT2D eigenvalue weighted by Gasteiger charge is -2.07. The molecule has 0 unspecified atom stereocenters. The van der Waals surface area contributed by atoms with Crippen molar-refractivity contribution < 1.29 is 23.9 Å². The molecule has 1 amide bonds. The molecule has 2 aromatic rings. The van der Waals surface area contributed by atoms with Crippen LogP contribution in [0.2, 0.25) is 5.02 Å². The predicted molar refractivity (Wildman–Crippen MR) is 87.1 cm³/mol. The Hall–Kier alpha value is -2.60. The average molecular weight is 348 g/mol. The van der Waals surface area contributed by atoms with Crippen molar-refractivity contribution in [3.63, 3.8) is 0 Å². The number of carboxylic acids is 1. The minimum Gasteiger partial charge on any atom is -0.478 e. The number of carboxylic acid groups (broad SMARTS) is 1. The third-order valence-corrected chi connectivity index (χ3v) is 4.28. The van der Waals surface area contributed by atoms with Crippen LogP contribution in [0.25, 0.3) is 0 Å². The first-order valence-corrected chi connectivity index (χ1v) is 7.76. The van der Waals surface area contributed by atoms with Gasteiger partial charge in [-0.2, -0.15) is 0 Å². The van der Waals surface area contributed by atoms with Gasteiger partial charge in [-0.05, 0) is 31.5 Å². The Morgan fingerprint density at radius 3 is 2.67 bits per heavy atom. The van der Waals surface area contributed by atoms with Crippen molar-refractivity contribution in [1.82, 2.24) is 0 Å². The van der Waals surface area contributed by atoms with E-state index in [1.54, 1.807) is 6.92 Å². The van der Waals surface area contributed by atoms with E-state index >= 15 is 0 Å². The molecule has 1 aromatic heterocycles. The Balaban J connectivity index is 1.87. The Labute approximate surface area is 142 Å². The predicted octanol–water partition coefficient (Wildman–Crippen LogP) is 3.71. The van der Waals surface area contributed by atoms with Crippen molar-refractivity contribution in [3.05, 3.63) is 51.4 Å². The smallest absolute Gasteiger partial charge is 0.337 e. The van der Waals surface area contributed by atoms with Crippen LogP contribution < -0.4 is 5.32 Å². The third kappa shape index (κ3) is 2.80. The summed E-state index contributed by atoms with van der Waals surface area (Å²) in [5.74, 6) is -1.02. The second kappa shape index (κ2) is 6.13. The largest absolute Gasteiger partial charge is 0.478 e. The SMILES string of the molecule is Cc1c(C(=O)Nc2ccc(C(=O)O)c(Cl)c2)oc2c1C(=O)CCC2. The number of hydrogen-bond donors (Lipinski definition) is 2. The molecule has 0 spiro atoms. The number of amides is 1. The summed E-state index contributed by atoms with van der Waals surface area (Å²) in [6.07, 6.45) is 1.81. The van der Waals surface area contributed by atoms with Crippen LogP contribution in [0.3, 0.4) is 0 Å². The summed E-state index contributed by atoms with van der Waals surface area (Å²) in [6.45, 7) is 1.68. The van der Waals surface area contributed by atoms with Gasteiger partial charge in [0.15, 0.2) is 11.5 Å². The molecule has 0 saturated heterocycles. The highest BCUT2D eigenvalue weighted by Crippen LogP contribution is 2.30. The Bertz CT molecular complexity index is 868. The molecule has 24 heavy (non-hydrogen) atoms. The summed E-state index contributed by atoms with van der Waals surface area (Å²) < 4.78 is 5.57. The zero-order valence-corrected chi connectivity index (χ0v) is 13.6. The summed E-state index contributed by atoms with van der Waals surface area (Å²) in [5, 5.41) is 11.6. The number of Topliss-reactive ketones (excluding diaryl/α,β-unsaturated/α-hetero) is 1. The van der Waals surface area contributed by atoms with Crippen molar-refractivity contribution in [3.8, 4) is 0 Å². The zero-order chi connectivity index (χ0) is 17.4. The summed E-state index contributed by atoms with van der Waals surface area (Å²) in [6, 6.07) is 4.10. The van der Waals surface area contributed by atoms with Gasteiger partial charge in [0.25, 0.3) is 5.91 Å². The molecule has 0 radical (unpaired) electrons. The summed E-state index contributed by atoms with van der Waals surface area (Å²) in [7, 11) is 0. The second-order valence-electron chi connectivity index (χ2n) is 5.58. The molecule has 1 aliphatic rings. The molecular weight excluding hydrogens is 334 g/mol. The molecule has 1 aromatic carbocycles. The molecular formula is C17H14ClNO5. The minimum atomic E-state index is -1.15. The van der Waals surface area contributed by atoms with Crippen molar-refractivity contribution in [2.45, 2.75) is 26.2 Å². The molecule has 1 aliphatic carbocycles. The van der Waals surface area contributed by atoms with Crippen LogP contribution >= 0.6 is 11.6 Å². The standard InChI is InChI=1S/C17H14ClNO5/c1-8-14-12(20)3-2-4-13(14)24-15(8)16(21)19-9-5-6-10(17(22)23)11(18)7-9/h5-7H,2-4H2,1H3,(H,19,21)(H,22,23). The quantitative estimate of drug-likeness (QED) is 0.882. The van der Waals surface area contributed by atoms with Crippen LogP contribution in [0.4, 0.5) is 5.69 Å². The number of nitrogens with one attached hydrogen (secondary N) is 1. The highest BCUT2D eigenvalue weighted by Gasteiger charge is 2.28. The fourth-order valence-electron chi connectivity index (χ4n) is 2.82. The molecule has 0 fully saturated rings. The molecule has 1 heterocycles. The van der Waals surface area contributed by atoms with E-state index in [-0.39, 0.29) is 22.1 Å². The van der Waals surface area contributed by atoms with Crippen LogP contribution in [0, 0.1) is 6.92 Å². The number of rotatable bonds is 3. The monoisotopic (exact) mass is 347 g/mol. The average Bonchev–Trinajstić information content (AvgIpc) is 2.85. The number of carbonyl (C=O) groups is 3. The minimum absolute atomic E-state index is 0.00888. The molecule has 0 bridgehead atoms. The van der Waals surface area contributed by atoms with Gasteiger partial charge in [0.1, 0.15) is 5.76 Å². The lowest BCUT2D eigenvalue weighted by Crippen LogP contribution is -2.13. The van der Waals surface area contributed by atoms with Crippen molar-refractivity contribution in [1.29, 1.82) is 0 Å². The highest BCUT2D eigenvalue weighted by atomic mass is 35.5. The van der Waals surface area contributed by atoms with Gasteiger partial charge < -0.3 is 14.8 Å². The number of furan rings is 1. The Kier molecular flexibility index (Phi) is 4.15. The van der Waals surface area contributed by atoms with Crippen molar-refractivity contribution in [2.75, 3.05) is 5.32 Å². The molecule has 3 rings (SSSR count). The van der Waals surface area contributed by atoms with E-state index < -0.39 is 11.9 Å². The van der Waals surface area contributed by atoms with Gasteiger partial charge in [0.05, 0.1) is 16.1 Å². The van der Waals surface area contributed by atoms with Crippen LogP contribution in [-0.2, 0) is 6.42 Å². The van der Waals surface area contributed by atoms with E-state index in [0.29, 0.717) is 41.8 Å². The summed E-state index contributed by atoms with van der Waals surface area (Å²) in [4.78, 5) is 35.3. The maximum Gasteiger partial charge on any atom is 0.337 e. The fraction of sp³-hybridized carbons (Fsp3) is 0.235. The molecule has 6 nitrogen and oxygen atoms in total. The van der Waals surface area contributed by atoms with Crippen molar-refractivity contribution >= 4 is 34.9 Å². The van der Waals surface area contributed by atoms with Gasteiger partial charge >= 0.3 is 5.97 Å². The lowest BCUT2D eigenvalue weighted by molar-refractivity contribution is 0.0696. The number of carbonyl (C=O) groups excluding carboxylic acids is 2. The second-order valence-corrected chi connectivity index (χ2v) is 5.99. The molecule has 0 saturated carbocycles. The van der Waals surface area contributed by atoms with E-state index in [4.69, 9.17) is 21.1 Å². The molecule has 124 valence electrons. The van der Waals surface area contributed by atoms with E-state index in [1.807, 2.05) is 0 Å². The number of hydrogen-bond acceptors (Lipinski definition) is 4. The molecule has 7 heteroatoms. The van der Waals surface area contributed by atoms with Crippen LogP contribution in [0.1, 0.15) is 55.4 Å². The van der Waals surface area contributed by atoms with E-state index in [0.717, 1.165) is 0 Å². The first-order chi connectivity index (χ1) is 11.4. The van der Waals surface area contributed by atoms with Gasteiger partial charge in [-0.25, -0.2) is 4.79 Å². The van der Waals surface area contributed by atoms with Crippen LogP contribution in [0.15, 0.2) is 22.6 Å². The lowest BCUT2D eigenvalue weighted by atomic mass is 9.94. The van der Waals surface area contributed by atoms with Crippen LogP contribution in [0.5, 0.6) is 0 Å². The number of anilines is 1. The number of aromatic carboxylic acids is 1. The number of ketones is 1. The summed E-state index contributed by atoms with van der Waals surface area (Å²) >= 11 is 5.89. The molecule has 2 N–H and O–H groups in total. The maximum absolute atomic E-state index is 12.4. The first-order valence-electron chi connectivity index (χ1n) is 7.38. The first kappa shape index (κ1) is 16.3. The molecule has 0 atom stereocenters. The third-order valence-electron chi connectivity index (χ3n) is 3.97. The summed E-state index contributed by atoms with van der Waals surface area (Å²) in [5.41, 5.74) is 1.33. The number of benzene rings is 1. The maximum atomic E-state index is 12.4. The Morgan fingerprint density at radius 2 is 2.04 bits per heavy atom. The fourth-order valence-corrected chi connectivity index (χ4v) is 3.08. The van der Waals surface area contributed by atoms with E-state index in [2.05, 4.69) is 5.32 Å². The van der Waals surface area contributed by atoms with E-state index in [9.17, 15) is 14.4 Å². The van der Waals surface area contributed by atoms with Gasteiger partial charge in [0, 0.05) is 24.1 Å². The number of fused-ring (bicyclic) bond motifs is 1. The topological polar surface area (TPSA) is 96.6 Å². The van der Waals surface area contributed by atoms with Gasteiger partial charge in [-0.1, -0.05) is 11.6 Å². The molecule has 0 aliphatic heterocycles. The number of halogens is 1. The van der Waals surface area contributed by atoms with Gasteiger partial charge in [0.2, 0.25) is 0 Å². The normalized spacial score (nSPS) is 13.5. The van der Waals surface area contributed by atoms with E-state index in [1.165, 1.54) is 18.2 Å². The van der Waals surface area contributed by atoms with Gasteiger partial charge in [-0.15, -0.1) is 0 Å². The highest BCUT2D eigenvalue weighted by molar-refractivity contribution is 6.33. The van der Waals surface area contributed by atoms with Gasteiger partial charge in [-0.3, -0.25) is 9.59 Å². The zero-order valence-electron chi connectivity index (χ0n) is 12.8. The Morgan fingerprint density at radius 1 is 1.29 bits per heavy atom.